The first-order valence-corrected chi connectivity index (χ1v) is 5.82. The molecule has 6 heteroatoms. The molecule has 0 aliphatic carbocycles. The Balaban J connectivity index is 2.98. The fourth-order valence-electron chi connectivity index (χ4n) is 0.968. The van der Waals surface area contributed by atoms with Crippen LogP contribution in [0.5, 0.6) is 5.75 Å². The molecular formula is C9H10O5S. The molecule has 0 aromatic heterocycles. The van der Waals surface area contributed by atoms with Gasteiger partial charge >= 0.3 is 16.1 Å². The van der Waals surface area contributed by atoms with Crippen LogP contribution in [0, 0.1) is 0 Å². The molecule has 1 aromatic carbocycles. The third-order valence-electron chi connectivity index (χ3n) is 1.50. The molecule has 0 amide bonds. The molecule has 0 unspecified atom stereocenters. The molecule has 0 atom stereocenters. The van der Waals surface area contributed by atoms with Gasteiger partial charge in [-0.05, 0) is 18.2 Å². The van der Waals surface area contributed by atoms with E-state index in [1.807, 2.05) is 0 Å². The molecule has 0 fully saturated rings. The lowest BCUT2D eigenvalue weighted by Gasteiger charge is -2.04. The number of benzene rings is 1. The molecule has 0 N–H and O–H groups in total. The summed E-state index contributed by atoms with van der Waals surface area (Å²) in [5.74, 6) is -0.464. The van der Waals surface area contributed by atoms with Gasteiger partial charge in [0.2, 0.25) is 0 Å². The maximum atomic E-state index is 11.1. The Bertz CT molecular complexity index is 463. The van der Waals surface area contributed by atoms with Crippen molar-refractivity contribution in [2.24, 2.45) is 0 Å². The highest BCUT2D eigenvalue weighted by molar-refractivity contribution is 7.86. The molecule has 15 heavy (non-hydrogen) atoms. The summed E-state index contributed by atoms with van der Waals surface area (Å²) in [6.07, 6.45) is 0.928. The zero-order chi connectivity index (χ0) is 11.5. The van der Waals surface area contributed by atoms with Gasteiger partial charge in [-0.3, -0.25) is 0 Å². The minimum atomic E-state index is -3.58. The average molecular weight is 230 g/mol. The van der Waals surface area contributed by atoms with Crippen LogP contribution in [0.25, 0.3) is 0 Å². The molecular weight excluding hydrogens is 220 g/mol. The number of carbonyl (C=O) groups excluding carboxylic acids is 1. The van der Waals surface area contributed by atoms with Gasteiger partial charge in [0.25, 0.3) is 0 Å². The minimum Gasteiger partial charge on any atom is -0.465 e. The standard InChI is InChI=1S/C9H10O5S/c1-13-9(10)7-4-3-5-8(6-7)14-15(2,11)12/h3-6H,1-2H3. The van der Waals surface area contributed by atoms with Crippen molar-refractivity contribution in [3.63, 3.8) is 0 Å². The number of esters is 1. The van der Waals surface area contributed by atoms with E-state index in [9.17, 15) is 13.2 Å². The SMILES string of the molecule is COC(=O)c1cccc(OS(C)(=O)=O)c1. The van der Waals surface area contributed by atoms with Crippen molar-refractivity contribution < 1.29 is 22.1 Å². The third-order valence-corrected chi connectivity index (χ3v) is 2.00. The second-order valence-corrected chi connectivity index (χ2v) is 4.38. The third kappa shape index (κ3) is 3.59. The maximum absolute atomic E-state index is 11.1. The van der Waals surface area contributed by atoms with Crippen LogP contribution in [0.2, 0.25) is 0 Å². The molecule has 0 saturated carbocycles. The van der Waals surface area contributed by atoms with Crippen LogP contribution >= 0.6 is 0 Å². The predicted octanol–water partition coefficient (Wildman–Crippen LogP) is 0.812. The summed E-state index contributed by atoms with van der Waals surface area (Å²) < 4.78 is 30.7. The van der Waals surface area contributed by atoms with E-state index in [1.165, 1.54) is 31.4 Å². The molecule has 0 radical (unpaired) electrons. The van der Waals surface area contributed by atoms with E-state index < -0.39 is 16.1 Å². The molecule has 82 valence electrons. The minimum absolute atomic E-state index is 0.0837. The largest absolute Gasteiger partial charge is 0.465 e. The van der Waals surface area contributed by atoms with Gasteiger partial charge in [-0.15, -0.1) is 0 Å². The van der Waals surface area contributed by atoms with E-state index in [-0.39, 0.29) is 11.3 Å². The van der Waals surface area contributed by atoms with E-state index in [1.54, 1.807) is 0 Å². The second-order valence-electron chi connectivity index (χ2n) is 2.81. The quantitative estimate of drug-likeness (QED) is 0.567. The Labute approximate surface area is 87.7 Å². The number of hydrogen-bond donors (Lipinski definition) is 0. The van der Waals surface area contributed by atoms with E-state index in [0.717, 1.165) is 6.26 Å². The number of carbonyl (C=O) groups is 1. The molecule has 0 spiro atoms. The first kappa shape index (κ1) is 11.5. The number of ether oxygens (including phenoxy) is 1. The number of methoxy groups -OCH3 is 1. The normalized spacial score (nSPS) is 10.8. The van der Waals surface area contributed by atoms with Crippen molar-refractivity contribution in [2.75, 3.05) is 13.4 Å². The topological polar surface area (TPSA) is 69.7 Å². The first-order valence-electron chi connectivity index (χ1n) is 4.00. The fourth-order valence-corrected chi connectivity index (χ4v) is 1.42. The zero-order valence-corrected chi connectivity index (χ0v) is 9.08. The van der Waals surface area contributed by atoms with Crippen LogP contribution in [0.3, 0.4) is 0 Å². The highest BCUT2D eigenvalue weighted by Crippen LogP contribution is 2.15. The zero-order valence-electron chi connectivity index (χ0n) is 8.26. The highest BCUT2D eigenvalue weighted by atomic mass is 32.2. The highest BCUT2D eigenvalue weighted by Gasteiger charge is 2.09. The van der Waals surface area contributed by atoms with Gasteiger partial charge in [0.1, 0.15) is 5.75 Å². The van der Waals surface area contributed by atoms with Gasteiger partial charge < -0.3 is 8.92 Å². The van der Waals surface area contributed by atoms with Crippen LogP contribution in [0.4, 0.5) is 0 Å². The lowest BCUT2D eigenvalue weighted by molar-refractivity contribution is 0.0600. The van der Waals surface area contributed by atoms with Crippen LogP contribution in [0.1, 0.15) is 10.4 Å². The van der Waals surface area contributed by atoms with Gasteiger partial charge in [-0.1, -0.05) is 6.07 Å². The summed E-state index contributed by atoms with van der Waals surface area (Å²) in [6.45, 7) is 0. The summed E-state index contributed by atoms with van der Waals surface area (Å²) >= 11 is 0. The first-order chi connectivity index (χ1) is 6.92. The molecule has 5 nitrogen and oxygen atoms in total. The van der Waals surface area contributed by atoms with Gasteiger partial charge in [0.15, 0.2) is 0 Å². The van der Waals surface area contributed by atoms with Crippen molar-refractivity contribution >= 4 is 16.1 Å². The van der Waals surface area contributed by atoms with Crippen molar-refractivity contribution in [2.45, 2.75) is 0 Å². The lowest BCUT2D eigenvalue weighted by Crippen LogP contribution is -2.07. The summed E-state index contributed by atoms with van der Waals surface area (Å²) in [6, 6.07) is 5.74. The monoisotopic (exact) mass is 230 g/mol. The lowest BCUT2D eigenvalue weighted by atomic mass is 10.2. The van der Waals surface area contributed by atoms with Crippen LogP contribution < -0.4 is 4.18 Å². The molecule has 0 aliphatic heterocycles. The Morgan fingerprint density at radius 3 is 2.53 bits per heavy atom. The summed E-state index contributed by atoms with van der Waals surface area (Å²) in [4.78, 5) is 11.1. The molecule has 0 aliphatic rings. The maximum Gasteiger partial charge on any atom is 0.337 e. The van der Waals surface area contributed by atoms with Gasteiger partial charge in [0, 0.05) is 0 Å². The fraction of sp³-hybridized carbons (Fsp3) is 0.222. The molecule has 0 saturated heterocycles. The smallest absolute Gasteiger partial charge is 0.337 e. The van der Waals surface area contributed by atoms with E-state index in [4.69, 9.17) is 0 Å². The van der Waals surface area contributed by atoms with Crippen molar-refractivity contribution in [1.29, 1.82) is 0 Å². The molecule has 1 aromatic rings. The average Bonchev–Trinajstić information content (AvgIpc) is 2.14. The Kier molecular flexibility index (Phi) is 3.31. The van der Waals surface area contributed by atoms with Crippen molar-refractivity contribution in [3.8, 4) is 5.75 Å². The molecule has 0 heterocycles. The molecule has 0 bridgehead atoms. The summed E-state index contributed by atoms with van der Waals surface area (Å²) in [5, 5.41) is 0. The Morgan fingerprint density at radius 1 is 1.33 bits per heavy atom. The predicted molar refractivity (Wildman–Crippen MR) is 53.3 cm³/mol. The van der Waals surface area contributed by atoms with Gasteiger partial charge in [0.05, 0.1) is 18.9 Å². The summed E-state index contributed by atoms with van der Waals surface area (Å²) in [7, 11) is -2.34. The van der Waals surface area contributed by atoms with Crippen LogP contribution in [-0.2, 0) is 14.9 Å². The Morgan fingerprint density at radius 2 is 2.00 bits per heavy atom. The summed E-state index contributed by atoms with van der Waals surface area (Å²) in [5.41, 5.74) is 0.235. The van der Waals surface area contributed by atoms with Gasteiger partial charge in [-0.25, -0.2) is 4.79 Å². The second kappa shape index (κ2) is 4.31. The number of hydrogen-bond acceptors (Lipinski definition) is 5. The van der Waals surface area contributed by atoms with E-state index >= 15 is 0 Å². The van der Waals surface area contributed by atoms with E-state index in [0.29, 0.717) is 0 Å². The van der Waals surface area contributed by atoms with Crippen LogP contribution in [-0.4, -0.2) is 27.8 Å². The van der Waals surface area contributed by atoms with Crippen molar-refractivity contribution in [1.82, 2.24) is 0 Å². The van der Waals surface area contributed by atoms with Gasteiger partial charge in [-0.2, -0.15) is 8.42 Å². The van der Waals surface area contributed by atoms with Crippen LogP contribution in [0.15, 0.2) is 24.3 Å². The Hall–Kier alpha value is -1.56. The molecule has 1 rings (SSSR count). The number of rotatable bonds is 3. The van der Waals surface area contributed by atoms with E-state index in [2.05, 4.69) is 8.92 Å². The van der Waals surface area contributed by atoms with Crippen molar-refractivity contribution in [3.05, 3.63) is 29.8 Å².